The Bertz CT molecular complexity index is 1340. The van der Waals surface area contributed by atoms with Crippen LogP contribution in [-0.2, 0) is 27.7 Å². The highest BCUT2D eigenvalue weighted by molar-refractivity contribution is 7.90. The number of aryl methyl sites for hydroxylation is 3. The van der Waals surface area contributed by atoms with E-state index in [4.69, 9.17) is 0 Å². The highest BCUT2D eigenvalue weighted by Gasteiger charge is 2.31. The van der Waals surface area contributed by atoms with Crippen LogP contribution in [0.5, 0.6) is 0 Å². The molecule has 1 aliphatic rings. The number of hydrogen-bond acceptors (Lipinski definition) is 4. The molecule has 182 valence electrons. The summed E-state index contributed by atoms with van der Waals surface area (Å²) >= 11 is 0. The van der Waals surface area contributed by atoms with Gasteiger partial charge in [0.1, 0.15) is 6.04 Å². The second-order valence-electron chi connectivity index (χ2n) is 8.81. The molecule has 3 aromatic carbocycles. The van der Waals surface area contributed by atoms with E-state index in [0.29, 0.717) is 12.1 Å². The Morgan fingerprint density at radius 3 is 2.43 bits per heavy atom. The molecule has 8 heteroatoms. The molecule has 4 rings (SSSR count). The number of carbonyl (C=O) groups is 2. The summed E-state index contributed by atoms with van der Waals surface area (Å²) in [6.07, 6.45) is 1.93. The summed E-state index contributed by atoms with van der Waals surface area (Å²) in [4.78, 5) is 28.3. The number of nitrogens with zero attached hydrogens (tertiary/aromatic N) is 1. The molecule has 1 aliphatic heterocycles. The molecule has 0 radical (unpaired) electrons. The minimum atomic E-state index is -4.10. The predicted molar refractivity (Wildman–Crippen MR) is 136 cm³/mol. The van der Waals surface area contributed by atoms with Gasteiger partial charge in [0, 0.05) is 18.7 Å². The van der Waals surface area contributed by atoms with Crippen LogP contribution in [0.3, 0.4) is 0 Å². The first-order chi connectivity index (χ1) is 16.7. The third kappa shape index (κ3) is 5.71. The topological polar surface area (TPSA) is 95.6 Å². The van der Waals surface area contributed by atoms with Gasteiger partial charge < -0.3 is 10.2 Å². The second kappa shape index (κ2) is 10.3. The number of rotatable bonds is 6. The van der Waals surface area contributed by atoms with E-state index in [-0.39, 0.29) is 17.2 Å². The van der Waals surface area contributed by atoms with Gasteiger partial charge >= 0.3 is 6.03 Å². The number of carbonyl (C=O) groups excluding carboxylic acids is 2. The first kappa shape index (κ1) is 24.5. The van der Waals surface area contributed by atoms with Crippen molar-refractivity contribution in [2.75, 3.05) is 11.4 Å². The van der Waals surface area contributed by atoms with Crippen LogP contribution in [0.4, 0.5) is 10.5 Å². The summed E-state index contributed by atoms with van der Waals surface area (Å²) in [5, 5.41) is 2.63. The Labute approximate surface area is 206 Å². The molecule has 1 atom stereocenters. The van der Waals surface area contributed by atoms with Crippen LogP contribution in [0.15, 0.2) is 77.7 Å². The predicted octanol–water partition coefficient (Wildman–Crippen LogP) is 3.88. The molecule has 0 spiro atoms. The number of amides is 3. The maximum Gasteiger partial charge on any atom is 0.329 e. The van der Waals surface area contributed by atoms with Crippen LogP contribution < -0.4 is 14.9 Å². The number of anilines is 1. The molecule has 3 aromatic rings. The lowest BCUT2D eigenvalue weighted by Gasteiger charge is -2.33. The van der Waals surface area contributed by atoms with E-state index < -0.39 is 22.1 Å². The van der Waals surface area contributed by atoms with Crippen molar-refractivity contribution >= 4 is 27.6 Å². The quantitative estimate of drug-likeness (QED) is 0.547. The molecule has 2 N–H and O–H groups in total. The third-order valence-electron chi connectivity index (χ3n) is 6.12. The Kier molecular flexibility index (Phi) is 7.21. The number of urea groups is 1. The number of sulfonamides is 1. The first-order valence-corrected chi connectivity index (χ1v) is 13.1. The highest BCUT2D eigenvalue weighted by atomic mass is 32.2. The van der Waals surface area contributed by atoms with Gasteiger partial charge in [-0.05, 0) is 55.5 Å². The smallest absolute Gasteiger partial charge is 0.325 e. The molecule has 0 bridgehead atoms. The third-order valence-corrected chi connectivity index (χ3v) is 7.61. The lowest BCUT2D eigenvalue weighted by molar-refractivity contribution is -0.120. The summed E-state index contributed by atoms with van der Waals surface area (Å²) in [7, 11) is -4.10. The molecule has 0 saturated carbocycles. The number of nitrogens with one attached hydrogen (secondary N) is 2. The fourth-order valence-electron chi connectivity index (χ4n) is 4.42. The van der Waals surface area contributed by atoms with Gasteiger partial charge in [-0.2, -0.15) is 0 Å². The minimum Gasteiger partial charge on any atom is -0.325 e. The Morgan fingerprint density at radius 1 is 0.971 bits per heavy atom. The molecular weight excluding hydrogens is 462 g/mol. The van der Waals surface area contributed by atoms with Crippen molar-refractivity contribution in [1.29, 1.82) is 0 Å². The zero-order valence-corrected chi connectivity index (χ0v) is 20.6. The summed E-state index contributed by atoms with van der Waals surface area (Å²) < 4.78 is 27.7. The van der Waals surface area contributed by atoms with Gasteiger partial charge in [-0.3, -0.25) is 4.79 Å². The van der Waals surface area contributed by atoms with Crippen LogP contribution in [0.2, 0.25) is 0 Å². The molecule has 0 saturated heterocycles. The molecule has 1 heterocycles. The monoisotopic (exact) mass is 491 g/mol. The SMILES string of the molecule is Cc1ccc2c(c1)CCCN2C(=O)[C@H](Cc1ccccc1)NC(=O)NS(=O)(=O)c1ccccc1C. The summed E-state index contributed by atoms with van der Waals surface area (Å²) in [5.41, 5.74) is 4.42. The van der Waals surface area contributed by atoms with Crippen molar-refractivity contribution in [3.05, 3.63) is 95.1 Å². The number of fused-ring (bicyclic) bond motifs is 1. The molecule has 3 amide bonds. The number of benzene rings is 3. The maximum absolute atomic E-state index is 13.7. The van der Waals surface area contributed by atoms with Crippen LogP contribution in [-0.4, -0.2) is 32.9 Å². The van der Waals surface area contributed by atoms with E-state index in [1.54, 1.807) is 30.0 Å². The zero-order chi connectivity index (χ0) is 25.0. The van der Waals surface area contributed by atoms with E-state index in [9.17, 15) is 18.0 Å². The summed E-state index contributed by atoms with van der Waals surface area (Å²) in [5.74, 6) is -0.276. The van der Waals surface area contributed by atoms with Gasteiger partial charge in [0.05, 0.1) is 4.90 Å². The molecule has 0 aromatic heterocycles. The van der Waals surface area contributed by atoms with Crippen LogP contribution >= 0.6 is 0 Å². The number of hydrogen-bond donors (Lipinski definition) is 2. The van der Waals surface area contributed by atoms with Crippen molar-refractivity contribution in [3.8, 4) is 0 Å². The molecule has 0 fully saturated rings. The highest BCUT2D eigenvalue weighted by Crippen LogP contribution is 2.29. The molecular formula is C27H29N3O4S. The van der Waals surface area contributed by atoms with Gasteiger partial charge in [-0.15, -0.1) is 0 Å². The molecule has 0 unspecified atom stereocenters. The fourth-order valence-corrected chi connectivity index (χ4v) is 5.58. The van der Waals surface area contributed by atoms with Crippen molar-refractivity contribution in [3.63, 3.8) is 0 Å². The Morgan fingerprint density at radius 2 is 1.69 bits per heavy atom. The second-order valence-corrected chi connectivity index (χ2v) is 10.5. The Hall–Kier alpha value is -3.65. The van der Waals surface area contributed by atoms with E-state index in [2.05, 4.69) is 16.1 Å². The van der Waals surface area contributed by atoms with Gasteiger partial charge in [0.25, 0.3) is 10.0 Å². The standard InChI is InChI=1S/C27H29N3O4S/c1-19-14-15-24-22(17-19)12-8-16-30(24)26(31)23(18-21-10-4-3-5-11-21)28-27(32)29-35(33,34)25-13-7-6-9-20(25)2/h3-7,9-11,13-15,17,23H,8,12,16,18H2,1-2H3,(H2,28,29,32)/t23-/m0/s1. The van der Waals surface area contributed by atoms with Crippen molar-refractivity contribution < 1.29 is 18.0 Å². The first-order valence-electron chi connectivity index (χ1n) is 11.6. The lowest BCUT2D eigenvalue weighted by Crippen LogP contribution is -2.54. The van der Waals surface area contributed by atoms with E-state index in [0.717, 1.165) is 35.2 Å². The normalized spacial score (nSPS) is 14.1. The van der Waals surface area contributed by atoms with Gasteiger partial charge in [-0.1, -0.05) is 66.2 Å². The van der Waals surface area contributed by atoms with Crippen molar-refractivity contribution in [2.45, 2.75) is 44.0 Å². The van der Waals surface area contributed by atoms with E-state index in [1.165, 1.54) is 6.07 Å². The van der Waals surface area contributed by atoms with Gasteiger partial charge in [0.15, 0.2) is 0 Å². The average molecular weight is 492 g/mol. The summed E-state index contributed by atoms with van der Waals surface area (Å²) in [6, 6.07) is 19.8. The van der Waals surface area contributed by atoms with Crippen molar-refractivity contribution in [2.24, 2.45) is 0 Å². The van der Waals surface area contributed by atoms with Gasteiger partial charge in [0.2, 0.25) is 5.91 Å². The zero-order valence-electron chi connectivity index (χ0n) is 19.8. The van der Waals surface area contributed by atoms with Crippen LogP contribution in [0, 0.1) is 13.8 Å². The largest absolute Gasteiger partial charge is 0.329 e. The van der Waals surface area contributed by atoms with Crippen molar-refractivity contribution in [1.82, 2.24) is 10.0 Å². The van der Waals surface area contributed by atoms with Crippen LogP contribution in [0.25, 0.3) is 0 Å². The van der Waals surface area contributed by atoms with Crippen LogP contribution in [0.1, 0.15) is 28.7 Å². The Balaban J connectivity index is 1.59. The lowest BCUT2D eigenvalue weighted by atomic mass is 9.97. The van der Waals surface area contributed by atoms with E-state index in [1.807, 2.05) is 49.4 Å². The molecule has 0 aliphatic carbocycles. The molecule has 35 heavy (non-hydrogen) atoms. The maximum atomic E-state index is 13.7. The average Bonchev–Trinajstić information content (AvgIpc) is 2.83. The molecule has 7 nitrogen and oxygen atoms in total. The fraction of sp³-hybridized carbons (Fsp3) is 0.259. The van der Waals surface area contributed by atoms with Gasteiger partial charge in [-0.25, -0.2) is 17.9 Å². The van der Waals surface area contributed by atoms with E-state index >= 15 is 0 Å². The summed E-state index contributed by atoms with van der Waals surface area (Å²) in [6.45, 7) is 4.20. The minimum absolute atomic E-state index is 0.0152.